The van der Waals surface area contributed by atoms with E-state index in [1.807, 2.05) is 11.0 Å². The maximum Gasteiger partial charge on any atom is 0.224 e. The van der Waals surface area contributed by atoms with Crippen LogP contribution in [0.1, 0.15) is 30.4 Å². The summed E-state index contributed by atoms with van der Waals surface area (Å²) in [7, 11) is 0. The molecule has 0 unspecified atom stereocenters. The molecular weight excluding hydrogens is 374 g/mol. The maximum atomic E-state index is 12.5. The molecular formula is C24H31N5O. The molecule has 2 aromatic carbocycles. The number of nitrogens with zero attached hydrogens (tertiary/aromatic N) is 3. The van der Waals surface area contributed by atoms with Gasteiger partial charge in [0.2, 0.25) is 5.91 Å². The molecule has 6 heteroatoms. The normalized spacial score (nSPS) is 16.9. The van der Waals surface area contributed by atoms with Gasteiger partial charge in [-0.15, -0.1) is 0 Å². The van der Waals surface area contributed by atoms with Crippen LogP contribution in [0.5, 0.6) is 0 Å². The van der Waals surface area contributed by atoms with Crippen LogP contribution >= 0.6 is 0 Å². The van der Waals surface area contributed by atoms with E-state index in [1.165, 1.54) is 29.7 Å². The number of nitrogens with two attached hydrogens (primary N) is 1. The highest BCUT2D eigenvalue weighted by atomic mass is 16.2. The Kier molecular flexibility index (Phi) is 6.52. The Balaban J connectivity index is 1.24. The Bertz CT molecular complexity index is 888. The molecule has 0 radical (unpaired) electrons. The molecule has 0 aromatic heterocycles. The van der Waals surface area contributed by atoms with E-state index in [-0.39, 0.29) is 5.91 Å². The van der Waals surface area contributed by atoms with E-state index >= 15 is 0 Å². The molecule has 2 aromatic rings. The third-order valence-corrected chi connectivity index (χ3v) is 6.02. The van der Waals surface area contributed by atoms with Gasteiger partial charge in [0.05, 0.1) is 6.54 Å². The van der Waals surface area contributed by atoms with E-state index in [9.17, 15) is 4.79 Å². The number of para-hydroxylation sites is 1. The molecule has 158 valence electrons. The van der Waals surface area contributed by atoms with Crippen molar-refractivity contribution in [1.29, 1.82) is 0 Å². The van der Waals surface area contributed by atoms with E-state index in [4.69, 9.17) is 5.73 Å². The quantitative estimate of drug-likeness (QED) is 0.592. The topological polar surface area (TPSA) is 74.0 Å². The molecule has 1 saturated heterocycles. The molecule has 6 nitrogen and oxygen atoms in total. The summed E-state index contributed by atoms with van der Waals surface area (Å²) in [5, 5.41) is 3.24. The van der Waals surface area contributed by atoms with Gasteiger partial charge in [-0.1, -0.05) is 30.3 Å². The van der Waals surface area contributed by atoms with Gasteiger partial charge in [0.1, 0.15) is 0 Å². The molecule has 1 fully saturated rings. The average molecular weight is 406 g/mol. The van der Waals surface area contributed by atoms with E-state index in [0.29, 0.717) is 18.9 Å². The maximum absolute atomic E-state index is 12.5. The average Bonchev–Trinajstić information content (AvgIpc) is 2.80. The van der Waals surface area contributed by atoms with Gasteiger partial charge in [-0.05, 0) is 55.0 Å². The highest BCUT2D eigenvalue weighted by Gasteiger charge is 2.20. The summed E-state index contributed by atoms with van der Waals surface area (Å²) in [5.74, 6) is 0.534. The standard InChI is InChI=1S/C24H31N5O/c25-24(27-22-12-6-8-19-7-4-5-11-21(19)22)26-14-13-23(30)29-17-15-28(16-18-29)20-9-2-1-3-10-20/h1-3,6,8-10,12H,4-5,7,11,13-18H2,(H3,25,26,27). The highest BCUT2D eigenvalue weighted by Crippen LogP contribution is 2.27. The molecule has 0 saturated carbocycles. The fourth-order valence-electron chi connectivity index (χ4n) is 4.36. The number of piperazine rings is 1. The molecule has 0 spiro atoms. The number of nitrogens with one attached hydrogen (secondary N) is 1. The van der Waals surface area contributed by atoms with E-state index in [2.05, 4.69) is 57.7 Å². The molecule has 1 amide bonds. The summed E-state index contributed by atoms with van der Waals surface area (Å²) in [4.78, 5) is 21.2. The van der Waals surface area contributed by atoms with Gasteiger partial charge in [0.15, 0.2) is 5.96 Å². The van der Waals surface area contributed by atoms with Gasteiger partial charge in [0.25, 0.3) is 0 Å². The summed E-state index contributed by atoms with van der Waals surface area (Å²) in [6.45, 7) is 3.64. The molecule has 2 aliphatic rings. The van der Waals surface area contributed by atoms with Crippen molar-refractivity contribution in [2.24, 2.45) is 10.7 Å². The number of amides is 1. The van der Waals surface area contributed by atoms with Crippen molar-refractivity contribution in [3.63, 3.8) is 0 Å². The van der Waals surface area contributed by atoms with Crippen LogP contribution in [0.4, 0.5) is 11.4 Å². The molecule has 0 bridgehead atoms. The predicted molar refractivity (Wildman–Crippen MR) is 123 cm³/mol. The van der Waals surface area contributed by atoms with Crippen molar-refractivity contribution >= 4 is 23.2 Å². The van der Waals surface area contributed by atoms with Crippen LogP contribution < -0.4 is 16.0 Å². The Morgan fingerprint density at radius 3 is 2.53 bits per heavy atom. The van der Waals surface area contributed by atoms with Crippen LogP contribution in [0, 0.1) is 0 Å². The van der Waals surface area contributed by atoms with Crippen LogP contribution in [-0.4, -0.2) is 49.5 Å². The molecule has 30 heavy (non-hydrogen) atoms. The number of fused-ring (bicyclic) bond motifs is 1. The van der Waals surface area contributed by atoms with Gasteiger partial charge in [-0.2, -0.15) is 0 Å². The van der Waals surface area contributed by atoms with Crippen molar-refractivity contribution in [3.05, 3.63) is 59.7 Å². The van der Waals surface area contributed by atoms with E-state index < -0.39 is 0 Å². The molecule has 1 aliphatic heterocycles. The molecule has 3 N–H and O–H groups in total. The van der Waals surface area contributed by atoms with Crippen molar-refractivity contribution in [2.75, 3.05) is 42.9 Å². The van der Waals surface area contributed by atoms with Crippen molar-refractivity contribution in [2.45, 2.75) is 32.1 Å². The summed E-state index contributed by atoms with van der Waals surface area (Å²) in [5.41, 5.74) is 11.1. The number of aliphatic imine (C=N–C) groups is 1. The Morgan fingerprint density at radius 1 is 0.967 bits per heavy atom. The fourth-order valence-corrected chi connectivity index (χ4v) is 4.36. The molecule has 4 rings (SSSR count). The van der Waals surface area contributed by atoms with Crippen LogP contribution in [0.25, 0.3) is 0 Å². The van der Waals surface area contributed by atoms with Crippen molar-refractivity contribution in [3.8, 4) is 0 Å². The van der Waals surface area contributed by atoms with Gasteiger partial charge in [0, 0.05) is 44.0 Å². The van der Waals surface area contributed by atoms with Gasteiger partial charge in [-0.3, -0.25) is 9.79 Å². The lowest BCUT2D eigenvalue weighted by Crippen LogP contribution is -2.48. The number of hydrogen-bond acceptors (Lipinski definition) is 3. The number of hydrogen-bond donors (Lipinski definition) is 2. The number of benzene rings is 2. The van der Waals surface area contributed by atoms with Crippen molar-refractivity contribution < 1.29 is 4.79 Å². The zero-order valence-corrected chi connectivity index (χ0v) is 17.5. The largest absolute Gasteiger partial charge is 0.370 e. The second kappa shape index (κ2) is 9.65. The van der Waals surface area contributed by atoms with Gasteiger partial charge in [-0.25, -0.2) is 0 Å². The summed E-state index contributed by atoms with van der Waals surface area (Å²) >= 11 is 0. The zero-order valence-electron chi connectivity index (χ0n) is 17.5. The lowest BCUT2D eigenvalue weighted by molar-refractivity contribution is -0.131. The number of aryl methyl sites for hydroxylation is 1. The minimum atomic E-state index is 0.149. The third kappa shape index (κ3) is 4.93. The van der Waals surface area contributed by atoms with E-state index in [1.54, 1.807) is 0 Å². The minimum Gasteiger partial charge on any atom is -0.370 e. The highest BCUT2D eigenvalue weighted by molar-refractivity contribution is 5.93. The Labute approximate surface area is 178 Å². The first-order valence-corrected chi connectivity index (χ1v) is 11.0. The molecule has 0 atom stereocenters. The molecule has 1 aliphatic carbocycles. The first-order valence-electron chi connectivity index (χ1n) is 11.0. The minimum absolute atomic E-state index is 0.149. The van der Waals surface area contributed by atoms with Crippen LogP contribution in [-0.2, 0) is 17.6 Å². The van der Waals surface area contributed by atoms with Gasteiger partial charge >= 0.3 is 0 Å². The smallest absolute Gasteiger partial charge is 0.224 e. The summed E-state index contributed by atoms with van der Waals surface area (Å²) < 4.78 is 0. The Hall–Kier alpha value is -3.02. The second-order valence-corrected chi connectivity index (χ2v) is 8.00. The second-order valence-electron chi connectivity index (χ2n) is 8.00. The monoisotopic (exact) mass is 405 g/mol. The van der Waals surface area contributed by atoms with Crippen molar-refractivity contribution in [1.82, 2.24) is 4.90 Å². The number of carbonyl (C=O) groups excluding carboxylic acids is 1. The number of guanidine groups is 1. The number of rotatable bonds is 5. The predicted octanol–water partition coefficient (Wildman–Crippen LogP) is 3.03. The SMILES string of the molecule is NC(=NCCC(=O)N1CCN(c2ccccc2)CC1)Nc1cccc2c1CCCC2. The number of carbonyl (C=O) groups is 1. The lowest BCUT2D eigenvalue weighted by atomic mass is 9.90. The first-order chi connectivity index (χ1) is 14.7. The van der Waals surface area contributed by atoms with Crippen LogP contribution in [0.3, 0.4) is 0 Å². The molecule has 1 heterocycles. The zero-order chi connectivity index (χ0) is 20.8. The fraction of sp³-hybridized carbons (Fsp3) is 0.417. The first kappa shape index (κ1) is 20.3. The lowest BCUT2D eigenvalue weighted by Gasteiger charge is -2.36. The van der Waals surface area contributed by atoms with Crippen LogP contribution in [0.15, 0.2) is 53.5 Å². The van der Waals surface area contributed by atoms with Gasteiger partial charge < -0.3 is 20.9 Å². The van der Waals surface area contributed by atoms with E-state index in [0.717, 1.165) is 44.7 Å². The number of anilines is 2. The summed E-state index contributed by atoms with van der Waals surface area (Å²) in [6.07, 6.45) is 5.07. The summed E-state index contributed by atoms with van der Waals surface area (Å²) in [6, 6.07) is 16.7. The Morgan fingerprint density at radius 2 is 1.73 bits per heavy atom. The van der Waals surface area contributed by atoms with Crippen LogP contribution in [0.2, 0.25) is 0 Å². The third-order valence-electron chi connectivity index (χ3n) is 6.02.